The summed E-state index contributed by atoms with van der Waals surface area (Å²) in [7, 11) is 0. The summed E-state index contributed by atoms with van der Waals surface area (Å²) in [5.74, 6) is 0.671. The summed E-state index contributed by atoms with van der Waals surface area (Å²) < 4.78 is 0. The standard InChI is InChI=1S/C16H17ClN2O/c1-15(2)14(20)18-13-8-9-16(3,10-19(13)15)11-6-4-5-7-12(11)17/h4-9H,10H2,1-3H3. The van der Waals surface area contributed by atoms with Gasteiger partial charge in [-0.1, -0.05) is 42.8 Å². The number of rotatable bonds is 1. The molecule has 0 spiro atoms. The van der Waals surface area contributed by atoms with E-state index in [0.717, 1.165) is 16.4 Å². The van der Waals surface area contributed by atoms with Crippen LogP contribution in [0.1, 0.15) is 26.3 Å². The summed E-state index contributed by atoms with van der Waals surface area (Å²) in [5, 5.41) is 0.753. The molecule has 104 valence electrons. The summed E-state index contributed by atoms with van der Waals surface area (Å²) in [5.41, 5.74) is 0.272. The van der Waals surface area contributed by atoms with Gasteiger partial charge in [-0.15, -0.1) is 0 Å². The fraction of sp³-hybridized carbons (Fsp3) is 0.375. The number of hydrogen-bond acceptors (Lipinski definition) is 2. The van der Waals surface area contributed by atoms with Gasteiger partial charge in [0.05, 0.1) is 0 Å². The van der Waals surface area contributed by atoms with Gasteiger partial charge in [-0.3, -0.25) is 4.79 Å². The summed E-state index contributed by atoms with van der Waals surface area (Å²) in [6.45, 7) is 6.67. The van der Waals surface area contributed by atoms with Gasteiger partial charge in [0.15, 0.2) is 0 Å². The third-order valence-electron chi connectivity index (χ3n) is 4.27. The topological polar surface area (TPSA) is 32.7 Å². The Morgan fingerprint density at radius 3 is 2.65 bits per heavy atom. The van der Waals surface area contributed by atoms with E-state index in [9.17, 15) is 4.79 Å². The molecule has 4 heteroatoms. The Morgan fingerprint density at radius 2 is 1.95 bits per heavy atom. The number of fused-ring (bicyclic) bond motifs is 1. The van der Waals surface area contributed by atoms with Crippen LogP contribution >= 0.6 is 11.6 Å². The van der Waals surface area contributed by atoms with Crippen LogP contribution in [0.5, 0.6) is 0 Å². The molecule has 1 aromatic rings. The number of hydrogen-bond donors (Lipinski definition) is 0. The number of benzene rings is 1. The zero-order chi connectivity index (χ0) is 14.5. The van der Waals surface area contributed by atoms with Crippen molar-refractivity contribution >= 4 is 23.3 Å². The van der Waals surface area contributed by atoms with E-state index >= 15 is 0 Å². The Balaban J connectivity index is 2.04. The Labute approximate surface area is 123 Å². The zero-order valence-electron chi connectivity index (χ0n) is 11.9. The lowest BCUT2D eigenvalue weighted by molar-refractivity contribution is -0.124. The Hall–Kier alpha value is -1.61. The first-order chi connectivity index (χ1) is 9.34. The van der Waals surface area contributed by atoms with Crippen molar-refractivity contribution in [2.24, 2.45) is 4.99 Å². The van der Waals surface area contributed by atoms with E-state index in [0.29, 0.717) is 6.54 Å². The van der Waals surface area contributed by atoms with E-state index in [1.54, 1.807) is 0 Å². The van der Waals surface area contributed by atoms with Crippen molar-refractivity contribution in [3.05, 3.63) is 47.0 Å². The monoisotopic (exact) mass is 288 g/mol. The molecule has 0 bridgehead atoms. The van der Waals surface area contributed by atoms with Crippen molar-refractivity contribution in [1.82, 2.24) is 4.90 Å². The van der Waals surface area contributed by atoms with Crippen LogP contribution in [0.15, 0.2) is 41.4 Å². The minimum atomic E-state index is -0.581. The van der Waals surface area contributed by atoms with Crippen LogP contribution in [0.25, 0.3) is 0 Å². The lowest BCUT2D eigenvalue weighted by atomic mass is 9.78. The Bertz CT molecular complexity index is 648. The maximum atomic E-state index is 12.0. The van der Waals surface area contributed by atoms with E-state index in [4.69, 9.17) is 11.6 Å². The van der Waals surface area contributed by atoms with Gasteiger partial charge in [0.2, 0.25) is 0 Å². The molecule has 1 aromatic carbocycles. The quantitative estimate of drug-likeness (QED) is 0.795. The van der Waals surface area contributed by atoms with Crippen LogP contribution in [0, 0.1) is 0 Å². The first-order valence-electron chi connectivity index (χ1n) is 6.70. The Kier molecular flexibility index (Phi) is 2.80. The fourth-order valence-corrected chi connectivity index (χ4v) is 3.20. The van der Waals surface area contributed by atoms with Crippen molar-refractivity contribution in [1.29, 1.82) is 0 Å². The van der Waals surface area contributed by atoms with E-state index in [1.807, 2.05) is 44.2 Å². The normalized spacial score (nSPS) is 27.5. The molecule has 0 saturated heterocycles. The first-order valence-corrected chi connectivity index (χ1v) is 7.07. The SMILES string of the molecule is CC1(c2ccccc2Cl)C=CC2=NC(=O)C(C)(C)N2C1. The van der Waals surface area contributed by atoms with Gasteiger partial charge in [0.1, 0.15) is 11.4 Å². The molecule has 1 amide bonds. The third kappa shape index (κ3) is 1.80. The second kappa shape index (κ2) is 4.19. The van der Waals surface area contributed by atoms with Crippen LogP contribution in [-0.2, 0) is 10.2 Å². The molecule has 1 atom stereocenters. The second-order valence-corrected chi connectivity index (χ2v) is 6.56. The molecule has 0 N–H and O–H groups in total. The molecule has 3 rings (SSSR count). The first kappa shape index (κ1) is 13.4. The largest absolute Gasteiger partial charge is 0.341 e. The third-order valence-corrected chi connectivity index (χ3v) is 4.60. The van der Waals surface area contributed by atoms with E-state index < -0.39 is 5.54 Å². The highest BCUT2D eigenvalue weighted by Gasteiger charge is 2.46. The molecular formula is C16H17ClN2O. The van der Waals surface area contributed by atoms with Gasteiger partial charge in [-0.2, -0.15) is 4.99 Å². The molecule has 20 heavy (non-hydrogen) atoms. The number of aliphatic imine (C=N–C) groups is 1. The van der Waals surface area contributed by atoms with E-state index in [2.05, 4.69) is 22.9 Å². The van der Waals surface area contributed by atoms with Crippen LogP contribution in [0.3, 0.4) is 0 Å². The number of halogens is 1. The van der Waals surface area contributed by atoms with Crippen molar-refractivity contribution in [3.8, 4) is 0 Å². The van der Waals surface area contributed by atoms with Crippen LogP contribution in [0.2, 0.25) is 5.02 Å². The predicted octanol–water partition coefficient (Wildman–Crippen LogP) is 3.19. The van der Waals surface area contributed by atoms with Gasteiger partial charge < -0.3 is 4.90 Å². The Morgan fingerprint density at radius 1 is 1.25 bits per heavy atom. The van der Waals surface area contributed by atoms with Crippen molar-refractivity contribution in [3.63, 3.8) is 0 Å². The predicted molar refractivity (Wildman–Crippen MR) is 81.2 cm³/mol. The number of amides is 1. The number of carbonyl (C=O) groups excluding carboxylic acids is 1. The smallest absolute Gasteiger partial charge is 0.272 e. The lowest BCUT2D eigenvalue weighted by Gasteiger charge is -2.42. The molecular weight excluding hydrogens is 272 g/mol. The highest BCUT2D eigenvalue weighted by Crippen LogP contribution is 2.38. The average Bonchev–Trinajstić information content (AvgIpc) is 2.61. The maximum absolute atomic E-state index is 12.0. The minimum Gasteiger partial charge on any atom is -0.341 e. The van der Waals surface area contributed by atoms with Gasteiger partial charge in [0.25, 0.3) is 5.91 Å². The molecule has 0 aromatic heterocycles. The van der Waals surface area contributed by atoms with Gasteiger partial charge in [-0.05, 0) is 31.6 Å². The highest BCUT2D eigenvalue weighted by molar-refractivity contribution is 6.31. The van der Waals surface area contributed by atoms with Crippen molar-refractivity contribution < 1.29 is 4.79 Å². The summed E-state index contributed by atoms with van der Waals surface area (Å²) >= 11 is 6.34. The number of carbonyl (C=O) groups is 1. The van der Waals surface area contributed by atoms with Crippen molar-refractivity contribution in [2.75, 3.05) is 6.54 Å². The zero-order valence-corrected chi connectivity index (χ0v) is 12.6. The molecule has 2 aliphatic heterocycles. The number of nitrogens with zero attached hydrogens (tertiary/aromatic N) is 2. The average molecular weight is 289 g/mol. The van der Waals surface area contributed by atoms with Crippen LogP contribution < -0.4 is 0 Å². The van der Waals surface area contributed by atoms with Gasteiger partial charge in [-0.25, -0.2) is 0 Å². The number of amidine groups is 1. The molecule has 1 unspecified atom stereocenters. The maximum Gasteiger partial charge on any atom is 0.272 e. The minimum absolute atomic E-state index is 0.0828. The highest BCUT2D eigenvalue weighted by atomic mass is 35.5. The van der Waals surface area contributed by atoms with Gasteiger partial charge >= 0.3 is 0 Å². The summed E-state index contributed by atoms with van der Waals surface area (Å²) in [6, 6.07) is 7.86. The molecule has 0 saturated carbocycles. The van der Waals surface area contributed by atoms with E-state index in [1.165, 1.54) is 0 Å². The summed E-state index contributed by atoms with van der Waals surface area (Å²) in [4.78, 5) is 18.2. The molecule has 0 aliphatic carbocycles. The fourth-order valence-electron chi connectivity index (χ4n) is 2.85. The summed E-state index contributed by atoms with van der Waals surface area (Å²) in [6.07, 6.45) is 4.03. The second-order valence-electron chi connectivity index (χ2n) is 6.15. The lowest BCUT2D eigenvalue weighted by Crippen LogP contribution is -2.53. The van der Waals surface area contributed by atoms with Crippen molar-refractivity contribution in [2.45, 2.75) is 31.7 Å². The molecule has 2 aliphatic rings. The van der Waals surface area contributed by atoms with E-state index in [-0.39, 0.29) is 11.3 Å². The van der Waals surface area contributed by atoms with Crippen LogP contribution in [0.4, 0.5) is 0 Å². The molecule has 0 fully saturated rings. The van der Waals surface area contributed by atoms with Crippen LogP contribution in [-0.4, -0.2) is 28.7 Å². The molecule has 3 nitrogen and oxygen atoms in total. The molecule has 2 heterocycles. The molecule has 0 radical (unpaired) electrons. The van der Waals surface area contributed by atoms with Gasteiger partial charge in [0, 0.05) is 17.0 Å².